The van der Waals surface area contributed by atoms with Crippen LogP contribution < -0.4 is 11.4 Å². The molecule has 1 aromatic heterocycles. The molecule has 3 N–H and O–H groups in total. The van der Waals surface area contributed by atoms with E-state index in [2.05, 4.69) is 0 Å². The highest BCUT2D eigenvalue weighted by atomic mass is 16.3. The molecule has 68 valence electrons. The molecule has 1 rings (SSSR count). The molecule has 0 amide bonds. The van der Waals surface area contributed by atoms with Crippen molar-refractivity contribution < 1.29 is 5.11 Å². The number of aryl methyl sites for hydroxylation is 1. The molecule has 0 aliphatic heterocycles. The summed E-state index contributed by atoms with van der Waals surface area (Å²) in [4.78, 5) is 11.2. The molecule has 0 bridgehead atoms. The van der Waals surface area contributed by atoms with Crippen molar-refractivity contribution in [3.05, 3.63) is 22.9 Å². The number of nitrogens with zero attached hydrogens (tertiary/aromatic N) is 2. The predicted molar refractivity (Wildman–Crippen MR) is 44.7 cm³/mol. The van der Waals surface area contributed by atoms with Crippen LogP contribution in [0.2, 0.25) is 0 Å². The first-order valence-electron chi connectivity index (χ1n) is 3.75. The van der Waals surface area contributed by atoms with Gasteiger partial charge in [0.15, 0.2) is 0 Å². The molecule has 1 unspecified atom stereocenters. The summed E-state index contributed by atoms with van der Waals surface area (Å²) in [6, 6.07) is 0. The Morgan fingerprint density at radius 3 is 2.75 bits per heavy atom. The monoisotopic (exact) mass is 171 g/mol. The summed E-state index contributed by atoms with van der Waals surface area (Å²) in [6.07, 6.45) is 2.62. The van der Waals surface area contributed by atoms with Crippen molar-refractivity contribution in [1.82, 2.24) is 9.13 Å². The largest absolute Gasteiger partial charge is 0.390 e. The van der Waals surface area contributed by atoms with Crippen LogP contribution in [0.3, 0.4) is 0 Å². The first kappa shape index (κ1) is 9.02. The normalized spacial score (nSPS) is 13.2. The van der Waals surface area contributed by atoms with Crippen LogP contribution in [-0.4, -0.2) is 26.9 Å². The van der Waals surface area contributed by atoms with Gasteiger partial charge in [0, 0.05) is 26.0 Å². The molecule has 5 nitrogen and oxygen atoms in total. The molecule has 0 fully saturated rings. The lowest BCUT2D eigenvalue weighted by Crippen LogP contribution is -2.31. The SMILES string of the molecule is Cn1ccn(CC(O)CN)c1=O. The van der Waals surface area contributed by atoms with Crippen LogP contribution >= 0.6 is 0 Å². The fourth-order valence-electron chi connectivity index (χ4n) is 0.951. The van der Waals surface area contributed by atoms with E-state index in [4.69, 9.17) is 10.8 Å². The van der Waals surface area contributed by atoms with Gasteiger partial charge in [-0.3, -0.25) is 4.57 Å². The second-order valence-electron chi connectivity index (χ2n) is 2.73. The summed E-state index contributed by atoms with van der Waals surface area (Å²) in [5, 5.41) is 9.15. The number of rotatable bonds is 3. The van der Waals surface area contributed by atoms with Crippen LogP contribution in [0.1, 0.15) is 0 Å². The fraction of sp³-hybridized carbons (Fsp3) is 0.571. The quantitative estimate of drug-likeness (QED) is 0.581. The molecule has 5 heteroatoms. The van der Waals surface area contributed by atoms with Crippen molar-refractivity contribution in [1.29, 1.82) is 0 Å². The maximum absolute atomic E-state index is 11.2. The first-order chi connectivity index (χ1) is 5.65. The van der Waals surface area contributed by atoms with Crippen molar-refractivity contribution in [2.45, 2.75) is 12.6 Å². The number of imidazole rings is 1. The molecule has 0 saturated carbocycles. The van der Waals surface area contributed by atoms with E-state index in [1.165, 1.54) is 9.13 Å². The van der Waals surface area contributed by atoms with E-state index in [0.717, 1.165) is 0 Å². The minimum absolute atomic E-state index is 0.137. The van der Waals surface area contributed by atoms with Crippen molar-refractivity contribution in [3.63, 3.8) is 0 Å². The first-order valence-corrected chi connectivity index (χ1v) is 3.75. The second kappa shape index (κ2) is 3.55. The molecule has 0 saturated heterocycles. The minimum atomic E-state index is -0.648. The van der Waals surface area contributed by atoms with Crippen LogP contribution in [0.4, 0.5) is 0 Å². The summed E-state index contributed by atoms with van der Waals surface area (Å²) in [5.41, 5.74) is 5.07. The molecule has 0 spiro atoms. The number of aliphatic hydroxyl groups is 1. The highest BCUT2D eigenvalue weighted by molar-refractivity contribution is 4.80. The van der Waals surface area contributed by atoms with Crippen molar-refractivity contribution >= 4 is 0 Å². The molecule has 12 heavy (non-hydrogen) atoms. The van der Waals surface area contributed by atoms with Gasteiger partial charge in [-0.25, -0.2) is 4.79 Å². The summed E-state index contributed by atoms with van der Waals surface area (Å²) in [7, 11) is 1.66. The van der Waals surface area contributed by atoms with Crippen LogP contribution in [0, 0.1) is 0 Å². The van der Waals surface area contributed by atoms with Gasteiger partial charge in [0.25, 0.3) is 0 Å². The Balaban J connectivity index is 2.76. The Morgan fingerprint density at radius 2 is 2.33 bits per heavy atom. The van der Waals surface area contributed by atoms with Crippen molar-refractivity contribution in [2.75, 3.05) is 6.54 Å². The van der Waals surface area contributed by atoms with Crippen LogP contribution in [0.25, 0.3) is 0 Å². The Bertz CT molecular complexity index is 302. The molecule has 0 aliphatic rings. The third kappa shape index (κ3) is 1.75. The topological polar surface area (TPSA) is 73.2 Å². The molecular formula is C7H13N3O2. The highest BCUT2D eigenvalue weighted by Gasteiger charge is 2.04. The summed E-state index contributed by atoms with van der Waals surface area (Å²) in [6.45, 7) is 0.428. The fourth-order valence-corrected chi connectivity index (χ4v) is 0.951. The van der Waals surface area contributed by atoms with Crippen LogP contribution in [0.15, 0.2) is 17.2 Å². The standard InChI is InChI=1S/C7H13N3O2/c1-9-2-3-10(7(9)12)5-6(11)4-8/h2-3,6,11H,4-5,8H2,1H3. The van der Waals surface area contributed by atoms with E-state index in [-0.39, 0.29) is 18.8 Å². The molecule has 0 radical (unpaired) electrons. The number of aliphatic hydroxyl groups excluding tert-OH is 1. The Morgan fingerprint density at radius 1 is 1.67 bits per heavy atom. The summed E-state index contributed by atoms with van der Waals surface area (Å²) < 4.78 is 2.88. The summed E-state index contributed by atoms with van der Waals surface area (Å²) in [5.74, 6) is 0. The van der Waals surface area contributed by atoms with Gasteiger partial charge >= 0.3 is 5.69 Å². The van der Waals surface area contributed by atoms with E-state index in [1.807, 2.05) is 0 Å². The Kier molecular flexibility index (Phi) is 2.67. The molecule has 1 aromatic rings. The lowest BCUT2D eigenvalue weighted by Gasteiger charge is -2.06. The van der Waals surface area contributed by atoms with E-state index in [0.29, 0.717) is 0 Å². The van der Waals surface area contributed by atoms with Crippen molar-refractivity contribution in [2.24, 2.45) is 12.8 Å². The van der Waals surface area contributed by atoms with Gasteiger partial charge in [-0.2, -0.15) is 0 Å². The average molecular weight is 171 g/mol. The van der Waals surface area contributed by atoms with Gasteiger partial charge in [0.05, 0.1) is 12.6 Å². The maximum atomic E-state index is 11.2. The van der Waals surface area contributed by atoms with Crippen LogP contribution in [-0.2, 0) is 13.6 Å². The maximum Gasteiger partial charge on any atom is 0.327 e. The highest BCUT2D eigenvalue weighted by Crippen LogP contribution is 1.86. The Labute approximate surface area is 70.0 Å². The van der Waals surface area contributed by atoms with Gasteiger partial charge < -0.3 is 15.4 Å². The number of aromatic nitrogens is 2. The van der Waals surface area contributed by atoms with Gasteiger partial charge in [-0.05, 0) is 0 Å². The lowest BCUT2D eigenvalue weighted by molar-refractivity contribution is 0.160. The van der Waals surface area contributed by atoms with Crippen LogP contribution in [0.5, 0.6) is 0 Å². The Hall–Kier alpha value is -1.07. The van der Waals surface area contributed by atoms with Crippen molar-refractivity contribution in [3.8, 4) is 0 Å². The van der Waals surface area contributed by atoms with E-state index >= 15 is 0 Å². The molecule has 0 aromatic carbocycles. The van der Waals surface area contributed by atoms with Gasteiger partial charge in [-0.1, -0.05) is 0 Å². The van der Waals surface area contributed by atoms with Gasteiger partial charge in [0.1, 0.15) is 0 Å². The molecule has 1 atom stereocenters. The average Bonchev–Trinajstić information content (AvgIpc) is 2.36. The number of hydrogen-bond donors (Lipinski definition) is 2. The minimum Gasteiger partial charge on any atom is -0.390 e. The molecular weight excluding hydrogens is 158 g/mol. The third-order valence-corrected chi connectivity index (χ3v) is 1.70. The zero-order chi connectivity index (χ0) is 9.14. The smallest absolute Gasteiger partial charge is 0.327 e. The third-order valence-electron chi connectivity index (χ3n) is 1.70. The number of hydrogen-bond acceptors (Lipinski definition) is 3. The van der Waals surface area contributed by atoms with E-state index in [1.54, 1.807) is 19.4 Å². The lowest BCUT2D eigenvalue weighted by atomic mass is 10.3. The van der Waals surface area contributed by atoms with E-state index < -0.39 is 6.10 Å². The second-order valence-corrected chi connectivity index (χ2v) is 2.73. The zero-order valence-corrected chi connectivity index (χ0v) is 6.97. The summed E-state index contributed by atoms with van der Waals surface area (Å²) >= 11 is 0. The number of nitrogens with two attached hydrogens (primary N) is 1. The molecule has 1 heterocycles. The van der Waals surface area contributed by atoms with Gasteiger partial charge in [0.2, 0.25) is 0 Å². The van der Waals surface area contributed by atoms with E-state index in [9.17, 15) is 4.79 Å². The molecule has 0 aliphatic carbocycles. The predicted octanol–water partition coefficient (Wildman–Crippen LogP) is -1.49. The zero-order valence-electron chi connectivity index (χ0n) is 6.97. The van der Waals surface area contributed by atoms with Gasteiger partial charge in [-0.15, -0.1) is 0 Å².